The van der Waals surface area contributed by atoms with Crippen LogP contribution in [0, 0.1) is 0 Å². The van der Waals surface area contributed by atoms with Crippen LogP contribution < -0.4 is 10.6 Å². The largest absolute Gasteiger partial charge is 0.368 e. The number of hydrogen-bond acceptors (Lipinski definition) is 2. The van der Waals surface area contributed by atoms with E-state index in [1.54, 1.807) is 0 Å². The maximum absolute atomic E-state index is 6.03. The van der Waals surface area contributed by atoms with Gasteiger partial charge in [0.25, 0.3) is 0 Å². The summed E-state index contributed by atoms with van der Waals surface area (Å²) in [6, 6.07) is 6.39. The molecule has 0 amide bonds. The highest BCUT2D eigenvalue weighted by atomic mass is 35.5. The smallest absolute Gasteiger partial charge is 0.0612 e. The van der Waals surface area contributed by atoms with Crippen molar-refractivity contribution >= 4 is 28.9 Å². The lowest BCUT2D eigenvalue weighted by atomic mass is 10.1. The molecule has 4 heteroatoms. The second kappa shape index (κ2) is 5.26. The molecule has 2 nitrogen and oxygen atoms in total. The molecule has 1 fully saturated rings. The zero-order valence-electron chi connectivity index (χ0n) is 9.13. The van der Waals surface area contributed by atoms with Crippen molar-refractivity contribution < 1.29 is 0 Å². The van der Waals surface area contributed by atoms with Crippen molar-refractivity contribution in [2.75, 3.05) is 18.0 Å². The summed E-state index contributed by atoms with van der Waals surface area (Å²) in [7, 11) is 0. The zero-order valence-corrected chi connectivity index (χ0v) is 10.6. The van der Waals surface area contributed by atoms with E-state index in [1.807, 2.05) is 18.2 Å². The Morgan fingerprint density at radius 3 is 2.81 bits per heavy atom. The van der Waals surface area contributed by atoms with E-state index in [0.717, 1.165) is 25.2 Å². The Hall–Kier alpha value is -0.440. The van der Waals surface area contributed by atoms with Gasteiger partial charge >= 0.3 is 0 Å². The van der Waals surface area contributed by atoms with Gasteiger partial charge in [-0.25, -0.2) is 0 Å². The molecular weight excluding hydrogens is 243 g/mol. The molecule has 0 radical (unpaired) electrons. The van der Waals surface area contributed by atoms with Crippen molar-refractivity contribution in [2.24, 2.45) is 5.73 Å². The first-order valence-electron chi connectivity index (χ1n) is 5.64. The lowest BCUT2D eigenvalue weighted by Gasteiger charge is -2.26. The van der Waals surface area contributed by atoms with Gasteiger partial charge < -0.3 is 10.6 Å². The minimum absolute atomic E-state index is 0.558. The third kappa shape index (κ3) is 2.45. The minimum atomic E-state index is 0.558. The van der Waals surface area contributed by atoms with E-state index in [4.69, 9.17) is 28.9 Å². The zero-order chi connectivity index (χ0) is 11.5. The third-order valence-electron chi connectivity index (χ3n) is 3.11. The highest BCUT2D eigenvalue weighted by Crippen LogP contribution is 2.32. The molecule has 0 aliphatic carbocycles. The van der Waals surface area contributed by atoms with Gasteiger partial charge in [0, 0.05) is 18.3 Å². The van der Waals surface area contributed by atoms with Crippen LogP contribution in [0.5, 0.6) is 0 Å². The molecule has 1 aromatic rings. The van der Waals surface area contributed by atoms with Gasteiger partial charge in [0.2, 0.25) is 0 Å². The molecule has 88 valence electrons. The Labute approximate surface area is 106 Å². The van der Waals surface area contributed by atoms with Crippen LogP contribution in [-0.4, -0.2) is 19.1 Å². The highest BCUT2D eigenvalue weighted by molar-refractivity contribution is 6.42. The second-order valence-electron chi connectivity index (χ2n) is 4.17. The number of hydrogen-bond donors (Lipinski definition) is 1. The van der Waals surface area contributed by atoms with Crippen molar-refractivity contribution in [1.29, 1.82) is 0 Å². The average Bonchev–Trinajstić information content (AvgIpc) is 2.71. The van der Waals surface area contributed by atoms with Crippen LogP contribution in [0.2, 0.25) is 10.0 Å². The quantitative estimate of drug-likeness (QED) is 0.902. The molecule has 1 heterocycles. The van der Waals surface area contributed by atoms with Crippen LogP contribution in [0.15, 0.2) is 18.2 Å². The van der Waals surface area contributed by atoms with Gasteiger partial charge in [0.05, 0.1) is 10.0 Å². The Balaban J connectivity index is 2.19. The summed E-state index contributed by atoms with van der Waals surface area (Å²) in [4.78, 5) is 2.38. The van der Waals surface area contributed by atoms with Gasteiger partial charge in [-0.3, -0.25) is 0 Å². The van der Waals surface area contributed by atoms with Gasteiger partial charge in [-0.1, -0.05) is 23.2 Å². The fraction of sp³-hybridized carbons (Fsp3) is 0.500. The molecule has 16 heavy (non-hydrogen) atoms. The molecule has 1 aromatic carbocycles. The molecular formula is C12H16Cl2N2. The van der Waals surface area contributed by atoms with E-state index in [1.165, 1.54) is 12.8 Å². The summed E-state index contributed by atoms with van der Waals surface area (Å²) in [5.41, 5.74) is 6.79. The van der Waals surface area contributed by atoms with Crippen LogP contribution in [0.1, 0.15) is 19.3 Å². The molecule has 0 bridgehead atoms. The van der Waals surface area contributed by atoms with Crippen molar-refractivity contribution in [3.8, 4) is 0 Å². The molecule has 2 rings (SSSR count). The SMILES string of the molecule is NCCC1CCCN1c1ccc(Cl)c(Cl)c1. The summed E-state index contributed by atoms with van der Waals surface area (Å²) in [6.45, 7) is 1.82. The van der Waals surface area contributed by atoms with E-state index in [-0.39, 0.29) is 0 Å². The summed E-state index contributed by atoms with van der Waals surface area (Å²) in [5, 5.41) is 1.23. The number of benzene rings is 1. The van der Waals surface area contributed by atoms with Gasteiger partial charge in [-0.15, -0.1) is 0 Å². The molecule has 1 aliphatic rings. The lowest BCUT2D eigenvalue weighted by molar-refractivity contribution is 0.618. The first kappa shape index (κ1) is 12.0. The van der Waals surface area contributed by atoms with Gasteiger partial charge in [0.15, 0.2) is 0 Å². The van der Waals surface area contributed by atoms with Crippen LogP contribution in [0.3, 0.4) is 0 Å². The van der Waals surface area contributed by atoms with E-state index >= 15 is 0 Å². The van der Waals surface area contributed by atoms with Gasteiger partial charge in [0.1, 0.15) is 0 Å². The van der Waals surface area contributed by atoms with Gasteiger partial charge in [-0.2, -0.15) is 0 Å². The molecule has 0 aromatic heterocycles. The van der Waals surface area contributed by atoms with Crippen LogP contribution in [0.25, 0.3) is 0 Å². The van der Waals surface area contributed by atoms with Crippen molar-refractivity contribution in [3.05, 3.63) is 28.2 Å². The van der Waals surface area contributed by atoms with E-state index < -0.39 is 0 Å². The third-order valence-corrected chi connectivity index (χ3v) is 3.85. The first-order valence-corrected chi connectivity index (χ1v) is 6.39. The average molecular weight is 259 g/mol. The normalized spacial score (nSPS) is 20.4. The first-order chi connectivity index (χ1) is 7.72. The maximum Gasteiger partial charge on any atom is 0.0612 e. The summed E-state index contributed by atoms with van der Waals surface area (Å²) >= 11 is 11.9. The number of nitrogens with two attached hydrogens (primary N) is 1. The summed E-state index contributed by atoms with van der Waals surface area (Å²) in [6.07, 6.45) is 3.49. The lowest BCUT2D eigenvalue weighted by Crippen LogP contribution is -2.30. The highest BCUT2D eigenvalue weighted by Gasteiger charge is 2.24. The van der Waals surface area contributed by atoms with Gasteiger partial charge in [-0.05, 0) is 44.0 Å². The van der Waals surface area contributed by atoms with Crippen molar-refractivity contribution in [2.45, 2.75) is 25.3 Å². The second-order valence-corrected chi connectivity index (χ2v) is 4.98. The van der Waals surface area contributed by atoms with Crippen molar-refractivity contribution in [3.63, 3.8) is 0 Å². The van der Waals surface area contributed by atoms with E-state index in [2.05, 4.69) is 4.90 Å². The standard InChI is InChI=1S/C12H16Cl2N2/c13-11-4-3-10(8-12(11)14)16-7-1-2-9(16)5-6-15/h3-4,8-9H,1-2,5-7,15H2. The van der Waals surface area contributed by atoms with Crippen molar-refractivity contribution in [1.82, 2.24) is 0 Å². The topological polar surface area (TPSA) is 29.3 Å². The Bertz CT molecular complexity index is 368. The predicted octanol–water partition coefficient (Wildman–Crippen LogP) is 3.31. The Morgan fingerprint density at radius 1 is 1.31 bits per heavy atom. The molecule has 0 saturated carbocycles. The van der Waals surface area contributed by atoms with E-state index in [0.29, 0.717) is 16.1 Å². The number of anilines is 1. The fourth-order valence-corrected chi connectivity index (χ4v) is 2.62. The molecule has 1 unspecified atom stereocenters. The molecule has 1 aliphatic heterocycles. The monoisotopic (exact) mass is 258 g/mol. The van der Waals surface area contributed by atoms with Crippen LogP contribution in [0.4, 0.5) is 5.69 Å². The Morgan fingerprint density at radius 2 is 2.12 bits per heavy atom. The van der Waals surface area contributed by atoms with E-state index in [9.17, 15) is 0 Å². The molecule has 2 N–H and O–H groups in total. The minimum Gasteiger partial charge on any atom is -0.368 e. The number of nitrogens with zero attached hydrogens (tertiary/aromatic N) is 1. The predicted molar refractivity (Wildman–Crippen MR) is 70.5 cm³/mol. The molecule has 1 saturated heterocycles. The summed E-state index contributed by atoms with van der Waals surface area (Å²) < 4.78 is 0. The summed E-state index contributed by atoms with van der Waals surface area (Å²) in [5.74, 6) is 0. The fourth-order valence-electron chi connectivity index (χ4n) is 2.33. The molecule has 0 spiro atoms. The van der Waals surface area contributed by atoms with Crippen LogP contribution in [-0.2, 0) is 0 Å². The van der Waals surface area contributed by atoms with Crippen LogP contribution >= 0.6 is 23.2 Å². The number of halogens is 2. The maximum atomic E-state index is 6.03. The molecule has 1 atom stereocenters. The number of rotatable bonds is 3. The Kier molecular flexibility index (Phi) is 3.95.